The smallest absolute Gasteiger partial charge is 0.129 e. The maximum atomic E-state index is 13.2. The van der Waals surface area contributed by atoms with Crippen LogP contribution >= 0.6 is 0 Å². The first-order valence-corrected chi connectivity index (χ1v) is 4.39. The number of rotatable bonds is 0. The van der Waals surface area contributed by atoms with Crippen LogP contribution in [0.25, 0.3) is 0 Å². The van der Waals surface area contributed by atoms with Gasteiger partial charge in [-0.05, 0) is 30.0 Å². The molecule has 1 fully saturated rings. The Morgan fingerprint density at radius 2 is 2.15 bits per heavy atom. The van der Waals surface area contributed by atoms with E-state index in [2.05, 4.69) is 0 Å². The average Bonchev–Trinajstić information content (AvgIpc) is 2.82. The Hall–Kier alpha value is -0.960. The van der Waals surface area contributed by atoms with Crippen LogP contribution in [0, 0.1) is 11.6 Å². The number of ether oxygens (including phenoxy) is 1. The topological polar surface area (TPSA) is 12.5 Å². The van der Waals surface area contributed by atoms with Crippen molar-refractivity contribution >= 4 is 0 Å². The van der Waals surface area contributed by atoms with Crippen molar-refractivity contribution in [1.82, 2.24) is 0 Å². The van der Waals surface area contributed by atoms with Crippen molar-refractivity contribution in [1.29, 1.82) is 0 Å². The van der Waals surface area contributed by atoms with Crippen LogP contribution in [0.2, 0.25) is 0 Å². The predicted molar refractivity (Wildman–Crippen MR) is 42.3 cm³/mol. The van der Waals surface area contributed by atoms with Crippen LogP contribution in [0.4, 0.5) is 8.78 Å². The number of hydrogen-bond donors (Lipinski definition) is 0. The van der Waals surface area contributed by atoms with Crippen LogP contribution < -0.4 is 0 Å². The molecular formula is C10H8F2O. The zero-order valence-electron chi connectivity index (χ0n) is 6.89. The van der Waals surface area contributed by atoms with Gasteiger partial charge in [0.1, 0.15) is 17.7 Å². The maximum absolute atomic E-state index is 13.2. The molecule has 68 valence electrons. The third-order valence-electron chi connectivity index (χ3n) is 2.76. The van der Waals surface area contributed by atoms with Crippen LogP contribution in [-0.4, -0.2) is 6.10 Å². The van der Waals surface area contributed by atoms with Gasteiger partial charge in [-0.2, -0.15) is 0 Å². The summed E-state index contributed by atoms with van der Waals surface area (Å²) < 4.78 is 31.4. The van der Waals surface area contributed by atoms with Gasteiger partial charge in [0.2, 0.25) is 0 Å². The van der Waals surface area contributed by atoms with Crippen LogP contribution in [0.3, 0.4) is 0 Å². The van der Waals surface area contributed by atoms with E-state index in [1.54, 1.807) is 0 Å². The minimum absolute atomic E-state index is 0.0334. The first-order chi connectivity index (χ1) is 6.25. The van der Waals surface area contributed by atoms with Crippen molar-refractivity contribution in [2.75, 3.05) is 0 Å². The molecule has 3 heteroatoms. The third kappa shape index (κ3) is 1.000. The summed E-state index contributed by atoms with van der Waals surface area (Å²) in [5, 5.41) is 0. The highest BCUT2D eigenvalue weighted by molar-refractivity contribution is 5.37. The van der Waals surface area contributed by atoms with Crippen LogP contribution in [0.15, 0.2) is 12.1 Å². The summed E-state index contributed by atoms with van der Waals surface area (Å²) in [6.45, 7) is 0. The van der Waals surface area contributed by atoms with Crippen molar-refractivity contribution in [3.8, 4) is 0 Å². The van der Waals surface area contributed by atoms with E-state index in [1.807, 2.05) is 0 Å². The first-order valence-electron chi connectivity index (χ1n) is 4.39. The Bertz CT molecular complexity index is 375. The number of fused-ring (bicyclic) bond motifs is 3. The molecule has 1 nitrogen and oxygen atoms in total. The van der Waals surface area contributed by atoms with Crippen LogP contribution in [0.1, 0.15) is 23.7 Å². The van der Waals surface area contributed by atoms with E-state index >= 15 is 0 Å². The number of hydrogen-bond acceptors (Lipinski definition) is 1. The van der Waals surface area contributed by atoms with E-state index in [-0.39, 0.29) is 12.2 Å². The zero-order chi connectivity index (χ0) is 9.00. The highest BCUT2D eigenvalue weighted by Gasteiger charge is 2.45. The van der Waals surface area contributed by atoms with Crippen LogP contribution in [-0.2, 0) is 11.2 Å². The second-order valence-corrected chi connectivity index (χ2v) is 3.59. The summed E-state index contributed by atoms with van der Waals surface area (Å²) in [6.07, 6.45) is 1.71. The van der Waals surface area contributed by atoms with E-state index in [4.69, 9.17) is 4.74 Å². The fraction of sp³-hybridized carbons (Fsp3) is 0.400. The highest BCUT2D eigenvalue weighted by atomic mass is 19.1. The van der Waals surface area contributed by atoms with Gasteiger partial charge in [0.15, 0.2) is 0 Å². The highest BCUT2D eigenvalue weighted by Crippen LogP contribution is 2.47. The van der Waals surface area contributed by atoms with Gasteiger partial charge < -0.3 is 4.74 Å². The molecule has 0 bridgehead atoms. The van der Waals surface area contributed by atoms with Crippen molar-refractivity contribution in [2.24, 2.45) is 0 Å². The summed E-state index contributed by atoms with van der Waals surface area (Å²) >= 11 is 0. The zero-order valence-corrected chi connectivity index (χ0v) is 6.89. The van der Waals surface area contributed by atoms with E-state index < -0.39 is 11.6 Å². The Labute approximate surface area is 74.3 Å². The van der Waals surface area contributed by atoms with Gasteiger partial charge in [-0.15, -0.1) is 0 Å². The molecular weight excluding hydrogens is 174 g/mol. The van der Waals surface area contributed by atoms with Gasteiger partial charge in [0.05, 0.1) is 6.10 Å². The normalized spacial score (nSPS) is 29.4. The summed E-state index contributed by atoms with van der Waals surface area (Å²) in [5.74, 6) is -0.934. The second-order valence-electron chi connectivity index (χ2n) is 3.59. The lowest BCUT2D eigenvalue weighted by Crippen LogP contribution is -2.07. The van der Waals surface area contributed by atoms with E-state index in [9.17, 15) is 8.78 Å². The van der Waals surface area contributed by atoms with Gasteiger partial charge in [-0.3, -0.25) is 0 Å². The van der Waals surface area contributed by atoms with Crippen molar-refractivity contribution < 1.29 is 13.5 Å². The molecule has 0 spiro atoms. The molecule has 0 saturated carbocycles. The van der Waals surface area contributed by atoms with Gasteiger partial charge in [-0.1, -0.05) is 0 Å². The molecule has 1 heterocycles. The number of halogens is 2. The largest absolute Gasteiger partial charge is 0.364 e. The van der Waals surface area contributed by atoms with Crippen molar-refractivity contribution in [3.63, 3.8) is 0 Å². The standard InChI is InChI=1S/C10H8F2O/c11-5-3-7-6(8(12)4-5)1-2-9-10(7)13-9/h3-4,9-10H,1-2H2. The Morgan fingerprint density at radius 1 is 1.31 bits per heavy atom. The Kier molecular flexibility index (Phi) is 1.31. The molecule has 0 aromatic heterocycles. The molecule has 0 N–H and O–H groups in total. The molecule has 1 saturated heterocycles. The minimum atomic E-state index is -0.507. The predicted octanol–water partition coefficient (Wildman–Crippen LogP) is 2.35. The fourth-order valence-electron chi connectivity index (χ4n) is 2.06. The Morgan fingerprint density at radius 3 is 3.00 bits per heavy atom. The summed E-state index contributed by atoms with van der Waals surface area (Å²) in [4.78, 5) is 0. The van der Waals surface area contributed by atoms with Crippen molar-refractivity contribution in [3.05, 3.63) is 34.9 Å². The lowest BCUT2D eigenvalue weighted by Gasteiger charge is -2.12. The van der Waals surface area contributed by atoms with E-state index in [0.29, 0.717) is 17.5 Å². The van der Waals surface area contributed by atoms with Gasteiger partial charge in [0.25, 0.3) is 0 Å². The van der Waals surface area contributed by atoms with Crippen LogP contribution in [0.5, 0.6) is 0 Å². The summed E-state index contributed by atoms with van der Waals surface area (Å²) in [5.41, 5.74) is 1.36. The average molecular weight is 182 g/mol. The Balaban J connectivity index is 2.19. The maximum Gasteiger partial charge on any atom is 0.129 e. The second kappa shape index (κ2) is 2.29. The lowest BCUT2D eigenvalue weighted by atomic mass is 9.91. The molecule has 1 aromatic carbocycles. The monoisotopic (exact) mass is 182 g/mol. The third-order valence-corrected chi connectivity index (χ3v) is 2.76. The lowest BCUT2D eigenvalue weighted by molar-refractivity contribution is 0.372. The molecule has 1 aromatic rings. The number of benzene rings is 1. The molecule has 1 aliphatic carbocycles. The summed E-state index contributed by atoms with van der Waals surface area (Å²) in [7, 11) is 0. The molecule has 0 radical (unpaired) electrons. The van der Waals surface area contributed by atoms with E-state index in [1.165, 1.54) is 6.07 Å². The minimum Gasteiger partial charge on any atom is -0.364 e. The molecule has 0 amide bonds. The van der Waals surface area contributed by atoms with Gasteiger partial charge >= 0.3 is 0 Å². The SMILES string of the molecule is Fc1cc(F)c2c(c1)C1OC1CC2. The van der Waals surface area contributed by atoms with Crippen molar-refractivity contribution in [2.45, 2.75) is 25.0 Å². The quantitative estimate of drug-likeness (QED) is 0.561. The first kappa shape index (κ1) is 7.44. The summed E-state index contributed by atoms with van der Waals surface area (Å²) in [6, 6.07) is 2.34. The van der Waals surface area contributed by atoms with Gasteiger partial charge in [0, 0.05) is 6.07 Å². The fourth-order valence-corrected chi connectivity index (χ4v) is 2.06. The molecule has 2 unspecified atom stereocenters. The molecule has 1 aliphatic heterocycles. The number of epoxide rings is 1. The molecule has 2 aliphatic rings. The molecule has 3 rings (SSSR count). The van der Waals surface area contributed by atoms with E-state index in [0.717, 1.165) is 12.5 Å². The molecule has 13 heavy (non-hydrogen) atoms. The van der Waals surface area contributed by atoms with Gasteiger partial charge in [-0.25, -0.2) is 8.78 Å². The molecule has 2 atom stereocenters.